The number of hydrogen-bond acceptors (Lipinski definition) is 5. The van der Waals surface area contributed by atoms with Crippen LogP contribution in [0.3, 0.4) is 0 Å². The molecule has 0 spiro atoms. The first kappa shape index (κ1) is 26.6. The molecule has 0 unspecified atom stereocenters. The van der Waals surface area contributed by atoms with Gasteiger partial charge in [-0.05, 0) is 73.6 Å². The molecule has 4 aromatic rings. The maximum Gasteiger partial charge on any atom is 0.416 e. The third-order valence-electron chi connectivity index (χ3n) is 7.33. The molecule has 2 aromatic carbocycles. The SMILES string of the molecule is Cc1cc(C(F)(F)F)ccc1Cn1c(-c2cc(F)ccc2C)nc2nc(C(=O)O)nc(N(C)CC3CCC3)c21. The molecule has 2 aromatic heterocycles. The summed E-state index contributed by atoms with van der Waals surface area (Å²) in [4.78, 5) is 27.0. The topological polar surface area (TPSA) is 84.1 Å². The number of rotatable bonds is 7. The van der Waals surface area contributed by atoms with Gasteiger partial charge in [-0.2, -0.15) is 13.2 Å². The number of alkyl halides is 3. The molecule has 1 saturated carbocycles. The summed E-state index contributed by atoms with van der Waals surface area (Å²) >= 11 is 0. The lowest BCUT2D eigenvalue weighted by molar-refractivity contribution is -0.137. The third kappa shape index (κ3) is 5.17. The molecule has 1 aliphatic carbocycles. The van der Waals surface area contributed by atoms with E-state index in [0.717, 1.165) is 31.4 Å². The molecule has 0 radical (unpaired) electrons. The van der Waals surface area contributed by atoms with E-state index in [9.17, 15) is 27.5 Å². The average Bonchev–Trinajstić information content (AvgIpc) is 3.20. The van der Waals surface area contributed by atoms with E-state index >= 15 is 0 Å². The Morgan fingerprint density at radius 1 is 1.08 bits per heavy atom. The van der Waals surface area contributed by atoms with E-state index in [1.165, 1.54) is 18.2 Å². The monoisotopic (exact) mass is 541 g/mol. The molecule has 0 amide bonds. The van der Waals surface area contributed by atoms with Crippen LogP contribution >= 0.6 is 0 Å². The molecule has 39 heavy (non-hydrogen) atoms. The van der Waals surface area contributed by atoms with Crippen LogP contribution in [0, 0.1) is 25.6 Å². The van der Waals surface area contributed by atoms with Crippen LogP contribution in [0.1, 0.15) is 52.1 Å². The Kier molecular flexibility index (Phi) is 6.77. The maximum atomic E-state index is 14.4. The zero-order valence-electron chi connectivity index (χ0n) is 21.7. The van der Waals surface area contributed by atoms with Gasteiger partial charge >= 0.3 is 12.1 Å². The summed E-state index contributed by atoms with van der Waals surface area (Å²) in [7, 11) is 1.82. The molecule has 204 valence electrons. The number of carboxylic acids is 1. The van der Waals surface area contributed by atoms with E-state index in [0.29, 0.717) is 51.9 Å². The number of halogens is 4. The largest absolute Gasteiger partial charge is 0.475 e. The van der Waals surface area contributed by atoms with Crippen LogP contribution in [-0.4, -0.2) is 44.2 Å². The van der Waals surface area contributed by atoms with Crippen molar-refractivity contribution in [1.29, 1.82) is 0 Å². The predicted octanol–water partition coefficient (Wildman–Crippen LogP) is 6.25. The standard InChI is InChI=1S/C28H27F4N5O2/c1-15-7-10-20(29)12-21(15)25-34-23-22(37(25)14-18-8-9-19(11-16(18)2)28(30,31)32)26(35-24(33-23)27(38)39)36(3)13-17-5-4-6-17/h7-12,17H,4-6,13-14H2,1-3H3,(H,38,39). The van der Waals surface area contributed by atoms with Gasteiger partial charge in [-0.1, -0.05) is 18.6 Å². The Bertz CT molecular complexity index is 1580. The van der Waals surface area contributed by atoms with Crippen molar-refractivity contribution in [3.63, 3.8) is 0 Å². The fraction of sp³-hybridized carbons (Fsp3) is 0.357. The number of aryl methyl sites for hydroxylation is 2. The quantitative estimate of drug-likeness (QED) is 0.279. The van der Waals surface area contributed by atoms with Gasteiger partial charge in [0.05, 0.1) is 12.1 Å². The molecule has 0 aliphatic heterocycles. The summed E-state index contributed by atoms with van der Waals surface area (Å²) in [5, 5.41) is 9.71. The highest BCUT2D eigenvalue weighted by molar-refractivity contribution is 5.92. The minimum Gasteiger partial charge on any atom is -0.475 e. The highest BCUT2D eigenvalue weighted by Gasteiger charge is 2.31. The highest BCUT2D eigenvalue weighted by Crippen LogP contribution is 2.36. The zero-order chi connectivity index (χ0) is 28.1. The Labute approximate surface area is 222 Å². The third-order valence-corrected chi connectivity index (χ3v) is 7.33. The number of fused-ring (bicyclic) bond motifs is 1. The van der Waals surface area contributed by atoms with Crippen molar-refractivity contribution in [3.05, 3.63) is 70.3 Å². The molecule has 1 N–H and O–H groups in total. The van der Waals surface area contributed by atoms with E-state index in [1.807, 2.05) is 11.9 Å². The van der Waals surface area contributed by atoms with Gasteiger partial charge in [0.2, 0.25) is 5.82 Å². The molecule has 7 nitrogen and oxygen atoms in total. The first-order valence-electron chi connectivity index (χ1n) is 12.6. The van der Waals surface area contributed by atoms with Gasteiger partial charge in [-0.25, -0.2) is 24.1 Å². The van der Waals surface area contributed by atoms with Crippen molar-refractivity contribution in [2.45, 2.75) is 45.8 Å². The number of carbonyl (C=O) groups is 1. The summed E-state index contributed by atoms with van der Waals surface area (Å²) in [6.45, 7) is 4.12. The number of benzene rings is 2. The van der Waals surface area contributed by atoms with Gasteiger partial charge in [-0.15, -0.1) is 0 Å². The van der Waals surface area contributed by atoms with Crippen LogP contribution < -0.4 is 4.90 Å². The van der Waals surface area contributed by atoms with E-state index in [-0.39, 0.29) is 12.2 Å². The Morgan fingerprint density at radius 2 is 1.82 bits per heavy atom. The van der Waals surface area contributed by atoms with Gasteiger partial charge in [0, 0.05) is 19.2 Å². The fourth-order valence-electron chi connectivity index (χ4n) is 4.94. The van der Waals surface area contributed by atoms with Crippen molar-refractivity contribution in [2.24, 2.45) is 5.92 Å². The van der Waals surface area contributed by atoms with Crippen LogP contribution in [0.5, 0.6) is 0 Å². The summed E-state index contributed by atoms with van der Waals surface area (Å²) < 4.78 is 56.1. The van der Waals surface area contributed by atoms with Gasteiger partial charge in [0.15, 0.2) is 11.5 Å². The molecular weight excluding hydrogens is 514 g/mol. The fourth-order valence-corrected chi connectivity index (χ4v) is 4.94. The molecule has 0 saturated heterocycles. The summed E-state index contributed by atoms with van der Waals surface area (Å²) in [6.07, 6.45) is -1.23. The summed E-state index contributed by atoms with van der Waals surface area (Å²) in [5.41, 5.74) is 1.97. The Hall–Kier alpha value is -4.02. The van der Waals surface area contributed by atoms with Crippen molar-refractivity contribution in [1.82, 2.24) is 19.5 Å². The lowest BCUT2D eigenvalue weighted by atomic mass is 9.85. The lowest BCUT2D eigenvalue weighted by Crippen LogP contribution is -2.30. The molecule has 5 rings (SSSR count). The molecule has 2 heterocycles. The number of aromatic nitrogens is 4. The number of anilines is 1. The second-order valence-electron chi connectivity index (χ2n) is 10.1. The molecule has 1 aliphatic rings. The Balaban J connectivity index is 1.75. The molecule has 0 bridgehead atoms. The minimum absolute atomic E-state index is 0.0891. The van der Waals surface area contributed by atoms with Crippen LogP contribution in [0.4, 0.5) is 23.4 Å². The number of aromatic carboxylic acids is 1. The number of nitrogens with zero attached hydrogens (tertiary/aromatic N) is 5. The van der Waals surface area contributed by atoms with Gasteiger partial charge < -0.3 is 14.6 Å². The molecule has 1 fully saturated rings. The van der Waals surface area contributed by atoms with Crippen LogP contribution in [0.2, 0.25) is 0 Å². The zero-order valence-corrected chi connectivity index (χ0v) is 21.7. The molecule has 11 heteroatoms. The highest BCUT2D eigenvalue weighted by atomic mass is 19.4. The van der Waals surface area contributed by atoms with E-state index in [1.54, 1.807) is 24.5 Å². The van der Waals surface area contributed by atoms with Crippen LogP contribution in [-0.2, 0) is 12.7 Å². The van der Waals surface area contributed by atoms with Gasteiger partial charge in [-0.3, -0.25) is 0 Å². The molecule has 0 atom stereocenters. The normalized spacial score (nSPS) is 14.0. The molecular formula is C28H27F4N5O2. The first-order valence-corrected chi connectivity index (χ1v) is 12.6. The van der Waals surface area contributed by atoms with Crippen LogP contribution in [0.25, 0.3) is 22.6 Å². The summed E-state index contributed by atoms with van der Waals surface area (Å²) in [6, 6.07) is 7.79. The maximum absolute atomic E-state index is 14.4. The van der Waals surface area contributed by atoms with E-state index in [4.69, 9.17) is 0 Å². The number of imidazole rings is 1. The van der Waals surface area contributed by atoms with Gasteiger partial charge in [0.25, 0.3) is 0 Å². The van der Waals surface area contributed by atoms with Crippen LogP contribution in [0.15, 0.2) is 36.4 Å². The van der Waals surface area contributed by atoms with Crippen molar-refractivity contribution in [3.8, 4) is 11.4 Å². The van der Waals surface area contributed by atoms with E-state index in [2.05, 4.69) is 15.0 Å². The minimum atomic E-state index is -4.48. The second-order valence-corrected chi connectivity index (χ2v) is 10.1. The van der Waals surface area contributed by atoms with Gasteiger partial charge in [0.1, 0.15) is 17.2 Å². The summed E-state index contributed by atoms with van der Waals surface area (Å²) in [5.74, 6) is -1.12. The second kappa shape index (κ2) is 9.94. The Morgan fingerprint density at radius 3 is 2.44 bits per heavy atom. The average molecular weight is 542 g/mol. The van der Waals surface area contributed by atoms with Crippen molar-refractivity contribution in [2.75, 3.05) is 18.5 Å². The van der Waals surface area contributed by atoms with Crippen molar-refractivity contribution >= 4 is 23.0 Å². The number of carboxylic acid groups (broad SMARTS) is 1. The van der Waals surface area contributed by atoms with Crippen molar-refractivity contribution < 1.29 is 27.5 Å². The first-order chi connectivity index (χ1) is 18.4. The lowest BCUT2D eigenvalue weighted by Gasteiger charge is -2.31. The van der Waals surface area contributed by atoms with E-state index < -0.39 is 29.4 Å². The smallest absolute Gasteiger partial charge is 0.416 e. The predicted molar refractivity (Wildman–Crippen MR) is 138 cm³/mol. The number of hydrogen-bond donors (Lipinski definition) is 1.